The van der Waals surface area contributed by atoms with E-state index in [1.807, 2.05) is 20.8 Å². The fraction of sp³-hybridized carbons (Fsp3) is 0.900. The van der Waals surface area contributed by atoms with Crippen molar-refractivity contribution in [2.45, 2.75) is 91.1 Å². The number of amides is 1. The van der Waals surface area contributed by atoms with Gasteiger partial charge in [0.05, 0.1) is 0 Å². The molecule has 1 saturated carbocycles. The highest BCUT2D eigenvalue weighted by atomic mass is 16.6. The summed E-state index contributed by atoms with van der Waals surface area (Å²) in [5.74, 6) is 0.965. The Balaban J connectivity index is 2.06. The third-order valence-corrected chi connectivity index (χ3v) is 5.73. The second kappa shape index (κ2) is 7.88. The van der Waals surface area contributed by atoms with E-state index in [1.54, 1.807) is 4.90 Å². The van der Waals surface area contributed by atoms with Gasteiger partial charge in [-0.3, -0.25) is 4.79 Å². The fourth-order valence-electron chi connectivity index (χ4n) is 4.46. The van der Waals surface area contributed by atoms with Crippen LogP contribution in [-0.4, -0.2) is 35.5 Å². The number of ether oxygens (including phenoxy) is 1. The molecule has 0 aromatic rings. The summed E-state index contributed by atoms with van der Waals surface area (Å²) in [4.78, 5) is 27.1. The Labute approximate surface area is 147 Å². The minimum atomic E-state index is -0.465. The first kappa shape index (κ1) is 19.3. The molecule has 24 heavy (non-hydrogen) atoms. The predicted molar refractivity (Wildman–Crippen MR) is 96.0 cm³/mol. The summed E-state index contributed by atoms with van der Waals surface area (Å²) in [5.41, 5.74) is -0.651. The Morgan fingerprint density at radius 3 is 2.17 bits per heavy atom. The summed E-state index contributed by atoms with van der Waals surface area (Å²) >= 11 is 0. The Morgan fingerprint density at radius 2 is 1.67 bits per heavy atom. The lowest BCUT2D eigenvalue weighted by Gasteiger charge is -2.47. The van der Waals surface area contributed by atoms with Gasteiger partial charge in [0.25, 0.3) is 0 Å². The number of ketones is 1. The van der Waals surface area contributed by atoms with Gasteiger partial charge in [-0.05, 0) is 58.8 Å². The molecule has 1 aliphatic carbocycles. The molecule has 0 aromatic carbocycles. The Morgan fingerprint density at radius 1 is 1.08 bits per heavy atom. The van der Waals surface area contributed by atoms with Crippen molar-refractivity contribution in [2.75, 3.05) is 13.1 Å². The molecule has 0 atom stereocenters. The van der Waals surface area contributed by atoms with Gasteiger partial charge in [0.2, 0.25) is 0 Å². The number of carbonyl (C=O) groups is 2. The largest absolute Gasteiger partial charge is 0.444 e. The van der Waals surface area contributed by atoms with E-state index in [4.69, 9.17) is 4.74 Å². The van der Waals surface area contributed by atoms with E-state index in [2.05, 4.69) is 6.92 Å². The molecule has 0 spiro atoms. The van der Waals surface area contributed by atoms with Crippen LogP contribution in [0.1, 0.15) is 85.5 Å². The first-order valence-electron chi connectivity index (χ1n) is 9.80. The van der Waals surface area contributed by atoms with Crippen molar-refractivity contribution in [3.63, 3.8) is 0 Å². The maximum absolute atomic E-state index is 13.0. The van der Waals surface area contributed by atoms with Gasteiger partial charge in [-0.15, -0.1) is 0 Å². The number of hydrogen-bond acceptors (Lipinski definition) is 3. The number of piperidine rings is 1. The van der Waals surface area contributed by atoms with E-state index in [9.17, 15) is 9.59 Å². The molecule has 0 radical (unpaired) electrons. The zero-order chi connectivity index (χ0) is 17.8. The fourth-order valence-corrected chi connectivity index (χ4v) is 4.46. The van der Waals surface area contributed by atoms with Crippen LogP contribution in [0.3, 0.4) is 0 Å². The van der Waals surface area contributed by atoms with Crippen LogP contribution in [0.25, 0.3) is 0 Å². The summed E-state index contributed by atoms with van der Waals surface area (Å²) < 4.78 is 5.50. The molecule has 4 nitrogen and oxygen atoms in total. The summed E-state index contributed by atoms with van der Waals surface area (Å²) in [7, 11) is 0. The van der Waals surface area contributed by atoms with Gasteiger partial charge in [-0.1, -0.05) is 26.2 Å². The van der Waals surface area contributed by atoms with E-state index in [1.165, 1.54) is 32.1 Å². The van der Waals surface area contributed by atoms with Crippen LogP contribution < -0.4 is 0 Å². The summed E-state index contributed by atoms with van der Waals surface area (Å²) in [5, 5.41) is 0. The summed E-state index contributed by atoms with van der Waals surface area (Å²) in [6, 6.07) is 0. The zero-order valence-electron chi connectivity index (χ0n) is 16.0. The second-order valence-corrected chi connectivity index (χ2v) is 8.63. The molecule has 2 aliphatic rings. The van der Waals surface area contributed by atoms with Gasteiger partial charge in [0.1, 0.15) is 11.4 Å². The van der Waals surface area contributed by atoms with Gasteiger partial charge in [-0.25, -0.2) is 4.79 Å². The molecule has 1 saturated heterocycles. The lowest BCUT2D eigenvalue weighted by atomic mass is 9.61. The van der Waals surface area contributed by atoms with Gasteiger partial charge in [0, 0.05) is 24.9 Å². The standard InChI is InChI=1S/C20H35NO3/c1-5-9-17(22)20(16-10-7-6-8-11-16)12-14-21(15-13-20)18(23)24-19(2,3)4/h16H,5-15H2,1-4H3. The number of nitrogens with zero attached hydrogens (tertiary/aromatic N) is 1. The molecular formula is C20H35NO3. The Hall–Kier alpha value is -1.06. The SMILES string of the molecule is CCCC(=O)C1(C2CCCCC2)CCN(C(=O)OC(C)(C)C)CC1. The zero-order valence-corrected chi connectivity index (χ0v) is 16.0. The molecule has 138 valence electrons. The monoisotopic (exact) mass is 337 g/mol. The van der Waals surface area contributed by atoms with E-state index in [-0.39, 0.29) is 11.5 Å². The molecule has 2 fully saturated rings. The third kappa shape index (κ3) is 4.52. The number of carbonyl (C=O) groups excluding carboxylic acids is 2. The molecular weight excluding hydrogens is 302 g/mol. The van der Waals surface area contributed by atoms with E-state index in [0.717, 1.165) is 19.3 Å². The Kier molecular flexibility index (Phi) is 6.33. The van der Waals surface area contributed by atoms with Crippen molar-refractivity contribution in [2.24, 2.45) is 11.3 Å². The Bertz CT molecular complexity index is 438. The highest BCUT2D eigenvalue weighted by Gasteiger charge is 2.47. The molecule has 0 bridgehead atoms. The highest BCUT2D eigenvalue weighted by molar-refractivity contribution is 5.85. The normalized spacial score (nSPS) is 22.2. The molecule has 4 heteroatoms. The minimum Gasteiger partial charge on any atom is -0.444 e. The lowest BCUT2D eigenvalue weighted by Crippen LogP contribution is -2.51. The molecule has 1 heterocycles. The van der Waals surface area contributed by atoms with Crippen molar-refractivity contribution in [3.05, 3.63) is 0 Å². The number of likely N-dealkylation sites (tertiary alicyclic amines) is 1. The van der Waals surface area contributed by atoms with Crippen LogP contribution in [0.5, 0.6) is 0 Å². The van der Waals surface area contributed by atoms with Crippen LogP contribution in [-0.2, 0) is 9.53 Å². The van der Waals surface area contributed by atoms with Crippen molar-refractivity contribution < 1.29 is 14.3 Å². The summed E-state index contributed by atoms with van der Waals surface area (Å²) in [6.45, 7) is 9.08. The smallest absolute Gasteiger partial charge is 0.410 e. The number of Topliss-reactive ketones (excluding diaryl/α,β-unsaturated/α-hetero) is 1. The quantitative estimate of drug-likeness (QED) is 0.729. The van der Waals surface area contributed by atoms with Crippen molar-refractivity contribution in [1.29, 1.82) is 0 Å². The molecule has 2 rings (SSSR count). The van der Waals surface area contributed by atoms with Crippen LogP contribution in [0.4, 0.5) is 4.79 Å². The molecule has 0 aromatic heterocycles. The second-order valence-electron chi connectivity index (χ2n) is 8.63. The minimum absolute atomic E-state index is 0.186. The number of hydrogen-bond donors (Lipinski definition) is 0. The molecule has 1 aliphatic heterocycles. The third-order valence-electron chi connectivity index (χ3n) is 5.73. The van der Waals surface area contributed by atoms with Gasteiger partial charge in [0.15, 0.2) is 0 Å². The average Bonchev–Trinajstić information content (AvgIpc) is 2.54. The lowest BCUT2D eigenvalue weighted by molar-refractivity contribution is -0.137. The molecule has 0 unspecified atom stereocenters. The first-order chi connectivity index (χ1) is 11.3. The highest BCUT2D eigenvalue weighted by Crippen LogP contribution is 2.47. The molecule has 1 amide bonds. The predicted octanol–water partition coefficient (Wildman–Crippen LogP) is 4.95. The number of rotatable bonds is 4. The van der Waals surface area contributed by atoms with Crippen LogP contribution >= 0.6 is 0 Å². The summed E-state index contributed by atoms with van der Waals surface area (Å²) in [6.07, 6.45) is 9.17. The molecule has 0 N–H and O–H groups in total. The van der Waals surface area contributed by atoms with Crippen LogP contribution in [0.15, 0.2) is 0 Å². The van der Waals surface area contributed by atoms with Crippen molar-refractivity contribution in [1.82, 2.24) is 4.90 Å². The van der Waals surface area contributed by atoms with E-state index >= 15 is 0 Å². The van der Waals surface area contributed by atoms with Crippen LogP contribution in [0, 0.1) is 11.3 Å². The maximum Gasteiger partial charge on any atom is 0.410 e. The van der Waals surface area contributed by atoms with Crippen molar-refractivity contribution >= 4 is 11.9 Å². The maximum atomic E-state index is 13.0. The van der Waals surface area contributed by atoms with Gasteiger partial charge in [-0.2, -0.15) is 0 Å². The topological polar surface area (TPSA) is 46.6 Å². The van der Waals surface area contributed by atoms with Crippen molar-refractivity contribution in [3.8, 4) is 0 Å². The first-order valence-corrected chi connectivity index (χ1v) is 9.80. The van der Waals surface area contributed by atoms with Crippen LogP contribution in [0.2, 0.25) is 0 Å². The van der Waals surface area contributed by atoms with E-state index in [0.29, 0.717) is 31.2 Å². The van der Waals surface area contributed by atoms with Gasteiger partial charge >= 0.3 is 6.09 Å². The van der Waals surface area contributed by atoms with Gasteiger partial charge < -0.3 is 9.64 Å². The van der Waals surface area contributed by atoms with E-state index < -0.39 is 5.60 Å². The average molecular weight is 338 g/mol.